The second-order valence-corrected chi connectivity index (χ2v) is 8.86. The van der Waals surface area contributed by atoms with Crippen LogP contribution in [0, 0.1) is 4.77 Å². The molecule has 3 rings (SSSR count). The second kappa shape index (κ2) is 8.32. The first kappa shape index (κ1) is 19.7. The summed E-state index contributed by atoms with van der Waals surface area (Å²) in [5.41, 5.74) is 0.294. The summed E-state index contributed by atoms with van der Waals surface area (Å²) in [4.78, 5) is 12.6. The van der Waals surface area contributed by atoms with Crippen molar-refractivity contribution in [3.63, 3.8) is 0 Å². The molecule has 1 aromatic heterocycles. The quantitative estimate of drug-likeness (QED) is 0.736. The number of sulfonamides is 1. The number of aromatic nitrogens is 3. The van der Waals surface area contributed by atoms with Gasteiger partial charge in [0, 0.05) is 25.7 Å². The smallest absolute Gasteiger partial charge is 0.251 e. The van der Waals surface area contributed by atoms with Crippen molar-refractivity contribution in [3.05, 3.63) is 40.4 Å². The first-order valence-corrected chi connectivity index (χ1v) is 10.7. The van der Waals surface area contributed by atoms with Crippen molar-refractivity contribution in [1.82, 2.24) is 24.4 Å². The van der Waals surface area contributed by atoms with Crippen LogP contribution in [0.1, 0.15) is 41.9 Å². The lowest BCUT2D eigenvalue weighted by molar-refractivity contribution is 0.0949. The number of benzene rings is 1. The molecule has 1 aromatic carbocycles. The molecule has 2 aromatic rings. The van der Waals surface area contributed by atoms with E-state index in [0.717, 1.165) is 25.7 Å². The third-order valence-electron chi connectivity index (χ3n) is 4.68. The van der Waals surface area contributed by atoms with Crippen LogP contribution in [0.3, 0.4) is 0 Å². The van der Waals surface area contributed by atoms with Crippen LogP contribution in [0.15, 0.2) is 29.2 Å². The van der Waals surface area contributed by atoms with Crippen molar-refractivity contribution in [3.8, 4) is 0 Å². The molecule has 146 valence electrons. The summed E-state index contributed by atoms with van der Waals surface area (Å²) in [6.07, 6.45) is 3.83. The molecule has 0 unspecified atom stereocenters. The maximum atomic E-state index is 12.9. The van der Waals surface area contributed by atoms with Gasteiger partial charge in [-0.05, 0) is 43.3 Å². The van der Waals surface area contributed by atoms with Crippen LogP contribution in [-0.2, 0) is 23.6 Å². The van der Waals surface area contributed by atoms with Gasteiger partial charge in [-0.3, -0.25) is 9.89 Å². The van der Waals surface area contributed by atoms with E-state index in [1.165, 1.54) is 16.4 Å². The molecular weight excluding hydrogens is 386 g/mol. The molecule has 1 fully saturated rings. The average Bonchev–Trinajstić information content (AvgIpc) is 2.87. The fraction of sp³-hybridized carbons (Fsp3) is 0.471. The largest absolute Gasteiger partial charge is 0.345 e. The van der Waals surface area contributed by atoms with Crippen LogP contribution in [0.2, 0.25) is 0 Å². The maximum absolute atomic E-state index is 12.9. The topological polar surface area (TPSA) is 100 Å². The molecule has 0 bridgehead atoms. The first-order valence-electron chi connectivity index (χ1n) is 8.88. The average molecular weight is 410 g/mol. The van der Waals surface area contributed by atoms with Gasteiger partial charge in [-0.2, -0.15) is 9.40 Å². The number of carbonyl (C=O) groups excluding carboxylic acids is 1. The Morgan fingerprint density at radius 2 is 1.96 bits per heavy atom. The van der Waals surface area contributed by atoms with E-state index in [4.69, 9.17) is 12.2 Å². The lowest BCUT2D eigenvalue weighted by Gasteiger charge is -2.20. The third-order valence-corrected chi connectivity index (χ3v) is 6.94. The number of carbonyl (C=O) groups is 1. The fourth-order valence-corrected chi connectivity index (χ4v) is 4.74. The van der Waals surface area contributed by atoms with Gasteiger partial charge in [0.2, 0.25) is 10.0 Å². The van der Waals surface area contributed by atoms with Crippen molar-refractivity contribution in [2.75, 3.05) is 13.1 Å². The van der Waals surface area contributed by atoms with E-state index in [1.807, 2.05) is 0 Å². The van der Waals surface area contributed by atoms with Crippen LogP contribution < -0.4 is 5.32 Å². The Kier molecular flexibility index (Phi) is 6.08. The SMILES string of the molecule is Cn1c(CNC(=O)c2cccc(S(=O)(=O)N3CCCCCC3)c2)n[nH]c1=S. The van der Waals surface area contributed by atoms with Gasteiger partial charge in [0.25, 0.3) is 5.91 Å². The van der Waals surface area contributed by atoms with Gasteiger partial charge < -0.3 is 9.88 Å². The number of H-pyrrole nitrogens is 1. The highest BCUT2D eigenvalue weighted by molar-refractivity contribution is 7.89. The van der Waals surface area contributed by atoms with Gasteiger partial charge in [0.1, 0.15) is 0 Å². The molecule has 2 heterocycles. The van der Waals surface area contributed by atoms with Crippen LogP contribution in [0.25, 0.3) is 0 Å². The molecule has 1 saturated heterocycles. The summed E-state index contributed by atoms with van der Waals surface area (Å²) in [7, 11) is -1.84. The van der Waals surface area contributed by atoms with Crippen molar-refractivity contribution in [2.45, 2.75) is 37.1 Å². The summed E-state index contributed by atoms with van der Waals surface area (Å²) in [6.45, 7) is 1.24. The molecule has 1 amide bonds. The second-order valence-electron chi connectivity index (χ2n) is 6.53. The zero-order chi connectivity index (χ0) is 19.4. The molecule has 0 radical (unpaired) electrons. The summed E-state index contributed by atoms with van der Waals surface area (Å²) >= 11 is 5.04. The highest BCUT2D eigenvalue weighted by atomic mass is 32.2. The molecule has 0 aliphatic carbocycles. The summed E-state index contributed by atoms with van der Waals surface area (Å²) < 4.78 is 29.5. The standard InChI is InChI=1S/C17H23N5O3S2/c1-21-15(19-20-17(21)26)12-18-16(23)13-7-6-8-14(11-13)27(24,25)22-9-4-2-3-5-10-22/h6-8,11H,2-5,9-10,12H2,1H3,(H,18,23)(H,20,26). The Labute approximate surface area is 163 Å². The number of rotatable bonds is 5. The van der Waals surface area contributed by atoms with Crippen molar-refractivity contribution >= 4 is 28.1 Å². The minimum Gasteiger partial charge on any atom is -0.345 e. The molecular formula is C17H23N5O3S2. The number of amides is 1. The highest BCUT2D eigenvalue weighted by Gasteiger charge is 2.25. The molecule has 8 nitrogen and oxygen atoms in total. The highest BCUT2D eigenvalue weighted by Crippen LogP contribution is 2.21. The van der Waals surface area contributed by atoms with E-state index in [-0.39, 0.29) is 17.3 Å². The molecule has 0 spiro atoms. The normalized spacial score (nSPS) is 16.0. The molecule has 0 saturated carbocycles. The van der Waals surface area contributed by atoms with Crippen molar-refractivity contribution in [2.24, 2.45) is 7.05 Å². The number of nitrogens with one attached hydrogen (secondary N) is 2. The van der Waals surface area contributed by atoms with E-state index >= 15 is 0 Å². The lowest BCUT2D eigenvalue weighted by Crippen LogP contribution is -2.32. The number of hydrogen-bond acceptors (Lipinski definition) is 5. The minimum atomic E-state index is -3.59. The first-order chi connectivity index (χ1) is 12.9. The van der Waals surface area contributed by atoms with Gasteiger partial charge in [-0.15, -0.1) is 0 Å². The monoisotopic (exact) mass is 409 g/mol. The Morgan fingerprint density at radius 3 is 2.59 bits per heavy atom. The van der Waals surface area contributed by atoms with Gasteiger partial charge in [-0.25, -0.2) is 8.42 Å². The predicted molar refractivity (Wildman–Crippen MR) is 103 cm³/mol. The van der Waals surface area contributed by atoms with Gasteiger partial charge in [0.15, 0.2) is 10.6 Å². The zero-order valence-corrected chi connectivity index (χ0v) is 16.8. The van der Waals surface area contributed by atoms with Crippen LogP contribution in [-0.4, -0.2) is 46.5 Å². The van der Waals surface area contributed by atoms with Gasteiger partial charge in [0.05, 0.1) is 11.4 Å². The predicted octanol–water partition coefficient (Wildman–Crippen LogP) is 1.97. The third kappa shape index (κ3) is 4.45. The molecule has 27 heavy (non-hydrogen) atoms. The van der Waals surface area contributed by atoms with E-state index in [9.17, 15) is 13.2 Å². The summed E-state index contributed by atoms with van der Waals surface area (Å²) in [5, 5.41) is 9.43. The summed E-state index contributed by atoms with van der Waals surface area (Å²) in [5.74, 6) is 0.221. The van der Waals surface area contributed by atoms with Crippen molar-refractivity contribution in [1.29, 1.82) is 0 Å². The van der Waals surface area contributed by atoms with E-state index < -0.39 is 10.0 Å². The lowest BCUT2D eigenvalue weighted by atomic mass is 10.2. The molecule has 1 aliphatic rings. The minimum absolute atomic E-state index is 0.148. The molecule has 1 aliphatic heterocycles. The zero-order valence-electron chi connectivity index (χ0n) is 15.1. The van der Waals surface area contributed by atoms with E-state index in [0.29, 0.717) is 29.2 Å². The Morgan fingerprint density at radius 1 is 1.26 bits per heavy atom. The number of nitrogens with zero attached hydrogens (tertiary/aromatic N) is 3. The van der Waals surface area contributed by atoms with Crippen LogP contribution in [0.5, 0.6) is 0 Å². The van der Waals surface area contributed by atoms with Crippen LogP contribution >= 0.6 is 12.2 Å². The van der Waals surface area contributed by atoms with Crippen molar-refractivity contribution < 1.29 is 13.2 Å². The maximum Gasteiger partial charge on any atom is 0.251 e. The van der Waals surface area contributed by atoms with E-state index in [1.54, 1.807) is 23.7 Å². The Hall–Kier alpha value is -2.04. The molecule has 0 atom stereocenters. The number of aromatic amines is 1. The van der Waals surface area contributed by atoms with Gasteiger partial charge in [-0.1, -0.05) is 18.9 Å². The summed E-state index contributed by atoms with van der Waals surface area (Å²) in [6, 6.07) is 6.15. The number of hydrogen-bond donors (Lipinski definition) is 2. The van der Waals surface area contributed by atoms with E-state index in [2.05, 4.69) is 15.5 Å². The molecule has 2 N–H and O–H groups in total. The fourth-order valence-electron chi connectivity index (χ4n) is 3.03. The van der Waals surface area contributed by atoms with Gasteiger partial charge >= 0.3 is 0 Å². The van der Waals surface area contributed by atoms with Crippen LogP contribution in [0.4, 0.5) is 0 Å². The Balaban J connectivity index is 1.75. The molecule has 10 heteroatoms. The Bertz CT molecular complexity index is 972.